The van der Waals surface area contributed by atoms with Crippen LogP contribution in [-0.2, 0) is 9.53 Å². The van der Waals surface area contributed by atoms with Gasteiger partial charge in [-0.15, -0.1) is 0 Å². The number of benzene rings is 1. The number of carboxylic acid groups (broad SMARTS) is 1. The summed E-state index contributed by atoms with van der Waals surface area (Å²) in [6.07, 6.45) is 1.64. The summed E-state index contributed by atoms with van der Waals surface area (Å²) < 4.78 is 4.83. The zero-order valence-corrected chi connectivity index (χ0v) is 8.86. The third-order valence-corrected chi connectivity index (χ3v) is 2.09. The summed E-state index contributed by atoms with van der Waals surface area (Å²) in [6, 6.07) is 7.63. The van der Waals surface area contributed by atoms with Crippen molar-refractivity contribution in [3.05, 3.63) is 41.0 Å². The largest absolute Gasteiger partial charge is 0.478 e. The van der Waals surface area contributed by atoms with Gasteiger partial charge in [-0.25, -0.2) is 4.79 Å². The monoisotopic (exact) mass is 206 g/mol. The minimum absolute atomic E-state index is 0.115. The number of hydrogen-bond acceptors (Lipinski definition) is 2. The van der Waals surface area contributed by atoms with Crippen molar-refractivity contribution < 1.29 is 14.6 Å². The highest BCUT2D eigenvalue weighted by atomic mass is 16.5. The number of aliphatic carboxylic acids is 1. The lowest BCUT2D eigenvalue weighted by Gasteiger charge is -2.03. The molecule has 0 amide bonds. The molecule has 15 heavy (non-hydrogen) atoms. The van der Waals surface area contributed by atoms with Crippen molar-refractivity contribution in [2.24, 2.45) is 0 Å². The molecule has 0 spiro atoms. The van der Waals surface area contributed by atoms with Crippen LogP contribution in [0.15, 0.2) is 29.8 Å². The summed E-state index contributed by atoms with van der Waals surface area (Å²) in [5.41, 5.74) is 2.21. The van der Waals surface area contributed by atoms with Crippen LogP contribution in [-0.4, -0.2) is 24.8 Å². The first-order chi connectivity index (χ1) is 7.15. The van der Waals surface area contributed by atoms with Crippen LogP contribution < -0.4 is 0 Å². The quantitative estimate of drug-likeness (QED) is 0.767. The average molecular weight is 206 g/mol. The number of methoxy groups -OCH3 is 1. The molecular weight excluding hydrogens is 192 g/mol. The van der Waals surface area contributed by atoms with Crippen molar-refractivity contribution in [1.29, 1.82) is 0 Å². The maximum Gasteiger partial charge on any atom is 0.333 e. The van der Waals surface area contributed by atoms with Gasteiger partial charge in [0.15, 0.2) is 0 Å². The van der Waals surface area contributed by atoms with Gasteiger partial charge >= 0.3 is 5.97 Å². The summed E-state index contributed by atoms with van der Waals surface area (Å²) in [5.74, 6) is -0.944. The van der Waals surface area contributed by atoms with Crippen LogP contribution in [0.25, 0.3) is 6.08 Å². The van der Waals surface area contributed by atoms with E-state index in [1.165, 1.54) is 7.11 Å². The van der Waals surface area contributed by atoms with Crippen LogP contribution in [0.5, 0.6) is 0 Å². The summed E-state index contributed by atoms with van der Waals surface area (Å²) in [6.45, 7) is 2.06. The molecule has 0 saturated carbocycles. The summed E-state index contributed by atoms with van der Waals surface area (Å²) in [4.78, 5) is 10.9. The smallest absolute Gasteiger partial charge is 0.333 e. The molecule has 3 nitrogen and oxygen atoms in total. The molecule has 0 unspecified atom stereocenters. The number of aryl methyl sites for hydroxylation is 1. The molecule has 1 aromatic carbocycles. The number of carboxylic acids is 1. The highest BCUT2D eigenvalue weighted by Gasteiger charge is 2.07. The van der Waals surface area contributed by atoms with Gasteiger partial charge in [0.2, 0.25) is 0 Å². The molecule has 0 fully saturated rings. The first-order valence-electron chi connectivity index (χ1n) is 4.63. The second-order valence-corrected chi connectivity index (χ2v) is 3.26. The van der Waals surface area contributed by atoms with Crippen LogP contribution >= 0.6 is 0 Å². The number of hydrogen-bond donors (Lipinski definition) is 1. The summed E-state index contributed by atoms with van der Waals surface area (Å²) >= 11 is 0. The first-order valence-corrected chi connectivity index (χ1v) is 4.63. The third-order valence-electron chi connectivity index (χ3n) is 2.09. The Morgan fingerprint density at radius 3 is 2.67 bits per heavy atom. The lowest BCUT2D eigenvalue weighted by atomic mass is 10.1. The maximum absolute atomic E-state index is 10.9. The van der Waals surface area contributed by atoms with E-state index in [4.69, 9.17) is 9.84 Å². The fraction of sp³-hybridized carbons (Fsp3) is 0.250. The fourth-order valence-corrected chi connectivity index (χ4v) is 1.26. The van der Waals surface area contributed by atoms with Gasteiger partial charge in [0, 0.05) is 7.11 Å². The van der Waals surface area contributed by atoms with E-state index in [0.717, 1.165) is 11.1 Å². The number of ether oxygens (including phenoxy) is 1. The highest BCUT2D eigenvalue weighted by Crippen LogP contribution is 2.12. The van der Waals surface area contributed by atoms with E-state index in [-0.39, 0.29) is 12.2 Å². The molecule has 80 valence electrons. The van der Waals surface area contributed by atoms with Crippen molar-refractivity contribution in [3.63, 3.8) is 0 Å². The molecular formula is C12H14O3. The van der Waals surface area contributed by atoms with Gasteiger partial charge in [-0.1, -0.05) is 24.3 Å². The van der Waals surface area contributed by atoms with Crippen molar-refractivity contribution in [1.82, 2.24) is 0 Å². The van der Waals surface area contributed by atoms with E-state index in [9.17, 15) is 4.79 Å². The van der Waals surface area contributed by atoms with E-state index in [2.05, 4.69) is 0 Å². The van der Waals surface area contributed by atoms with Gasteiger partial charge in [-0.3, -0.25) is 0 Å². The van der Waals surface area contributed by atoms with Crippen molar-refractivity contribution in [2.75, 3.05) is 13.7 Å². The molecule has 0 aliphatic carbocycles. The molecule has 0 radical (unpaired) electrons. The van der Waals surface area contributed by atoms with Crippen molar-refractivity contribution in [3.8, 4) is 0 Å². The van der Waals surface area contributed by atoms with Crippen molar-refractivity contribution in [2.45, 2.75) is 6.92 Å². The molecule has 0 atom stereocenters. The van der Waals surface area contributed by atoms with E-state index < -0.39 is 5.97 Å². The fourth-order valence-electron chi connectivity index (χ4n) is 1.26. The van der Waals surface area contributed by atoms with Gasteiger partial charge in [0.1, 0.15) is 0 Å². The zero-order chi connectivity index (χ0) is 11.3. The summed E-state index contributed by atoms with van der Waals surface area (Å²) in [7, 11) is 1.48. The van der Waals surface area contributed by atoms with Crippen molar-refractivity contribution >= 4 is 12.0 Å². The minimum atomic E-state index is -0.944. The average Bonchev–Trinajstić information content (AvgIpc) is 2.20. The second kappa shape index (κ2) is 5.32. The predicted octanol–water partition coefficient (Wildman–Crippen LogP) is 2.11. The van der Waals surface area contributed by atoms with Gasteiger partial charge < -0.3 is 9.84 Å². The van der Waals surface area contributed by atoms with Gasteiger partial charge in [0.25, 0.3) is 0 Å². The SMILES string of the molecule is COC/C(=C\c1ccccc1C)C(=O)O. The standard InChI is InChI=1S/C12H14O3/c1-9-5-3-4-6-10(9)7-11(8-15-2)12(13)14/h3-7H,8H2,1-2H3,(H,13,14)/b11-7+. The Balaban J connectivity index is 3.02. The molecule has 0 aliphatic heterocycles. The Bertz CT molecular complexity index is 380. The first kappa shape index (κ1) is 11.5. The predicted molar refractivity (Wildman–Crippen MR) is 58.7 cm³/mol. The summed E-state index contributed by atoms with van der Waals surface area (Å²) in [5, 5.41) is 8.91. The maximum atomic E-state index is 10.9. The lowest BCUT2D eigenvalue weighted by molar-refractivity contribution is -0.133. The molecule has 1 aromatic rings. The third kappa shape index (κ3) is 3.22. The van der Waals surface area contributed by atoms with E-state index in [1.807, 2.05) is 31.2 Å². The van der Waals surface area contributed by atoms with Crippen LogP contribution in [0.3, 0.4) is 0 Å². The van der Waals surface area contributed by atoms with Crippen LogP contribution in [0, 0.1) is 6.92 Å². The molecule has 0 aliphatic rings. The molecule has 3 heteroatoms. The highest BCUT2D eigenvalue weighted by molar-refractivity contribution is 5.92. The minimum Gasteiger partial charge on any atom is -0.478 e. The van der Waals surface area contributed by atoms with Crippen LogP contribution in [0.4, 0.5) is 0 Å². The normalized spacial score (nSPS) is 11.5. The Morgan fingerprint density at radius 2 is 2.13 bits per heavy atom. The van der Waals surface area contributed by atoms with Crippen LogP contribution in [0.2, 0.25) is 0 Å². The van der Waals surface area contributed by atoms with E-state index in [1.54, 1.807) is 6.08 Å². The number of carbonyl (C=O) groups is 1. The molecule has 0 saturated heterocycles. The van der Waals surface area contributed by atoms with E-state index in [0.29, 0.717) is 0 Å². The zero-order valence-electron chi connectivity index (χ0n) is 8.86. The van der Waals surface area contributed by atoms with Crippen LogP contribution in [0.1, 0.15) is 11.1 Å². The number of rotatable bonds is 4. The Morgan fingerprint density at radius 1 is 1.47 bits per heavy atom. The Hall–Kier alpha value is -1.61. The molecule has 0 aromatic heterocycles. The Kier molecular flexibility index (Phi) is 4.06. The lowest BCUT2D eigenvalue weighted by Crippen LogP contribution is -2.06. The van der Waals surface area contributed by atoms with E-state index >= 15 is 0 Å². The molecule has 0 bridgehead atoms. The molecule has 1 N–H and O–H groups in total. The van der Waals surface area contributed by atoms with Gasteiger partial charge in [0.05, 0.1) is 12.2 Å². The topological polar surface area (TPSA) is 46.5 Å². The van der Waals surface area contributed by atoms with Gasteiger partial charge in [-0.05, 0) is 24.1 Å². The molecule has 0 heterocycles. The van der Waals surface area contributed by atoms with Gasteiger partial charge in [-0.2, -0.15) is 0 Å². The molecule has 1 rings (SSSR count). The second-order valence-electron chi connectivity index (χ2n) is 3.26. The Labute approximate surface area is 89.0 Å².